The van der Waals surface area contributed by atoms with Gasteiger partial charge < -0.3 is 25.7 Å². The quantitative estimate of drug-likeness (QED) is 0.246. The van der Waals surface area contributed by atoms with Crippen LogP contribution in [0.5, 0.6) is 0 Å². The number of nitrogens with one attached hydrogen (secondary N) is 4. The van der Waals surface area contributed by atoms with Crippen molar-refractivity contribution in [2.45, 2.75) is 58.8 Å². The maximum atomic E-state index is 13.3. The number of hydrogen-bond acceptors (Lipinski definition) is 6. The average molecular weight is 648 g/mol. The number of nitrogens with zero attached hydrogens (tertiary/aromatic N) is 1. The van der Waals surface area contributed by atoms with E-state index in [9.17, 15) is 32.3 Å². The lowest BCUT2D eigenvalue weighted by Gasteiger charge is -2.24. The van der Waals surface area contributed by atoms with Crippen molar-refractivity contribution in [3.63, 3.8) is 0 Å². The summed E-state index contributed by atoms with van der Waals surface area (Å²) in [4.78, 5) is 54.3. The van der Waals surface area contributed by atoms with Gasteiger partial charge in [0.25, 0.3) is 5.78 Å². The molecule has 46 heavy (non-hydrogen) atoms. The standard InChI is InChI=1S/C27H31F3N4O4.C6H13NO/c1-5-7-10-18(6-2)12-22(33-17(4)35)26(38)32-15-23(36)34-21(25(37)27(28,29)30)13-19-14-31-24-16(3)9-8-11-20(19)24;1-2-7-3-5-8-6-4-7/h5-11,14,21-22,31H,2,12-13,15H2,1,3-4H3,(H,32,38)(H,33,35)(H,34,36);2-6H2,1H3/b7-5-,18-10+;. The molecule has 4 N–H and O–H groups in total. The number of ketones is 1. The molecule has 2 aromatic rings. The van der Waals surface area contributed by atoms with Crippen LogP contribution in [0.4, 0.5) is 13.2 Å². The van der Waals surface area contributed by atoms with Crippen molar-refractivity contribution < 1.29 is 37.1 Å². The summed E-state index contributed by atoms with van der Waals surface area (Å²) >= 11 is 0. The number of H-pyrrole nitrogens is 1. The van der Waals surface area contributed by atoms with E-state index < -0.39 is 54.7 Å². The number of Topliss-reactive ketones (excluding diaryl/α,β-unsaturated/α-hetero) is 1. The van der Waals surface area contributed by atoms with Gasteiger partial charge in [-0.05, 0) is 37.1 Å². The van der Waals surface area contributed by atoms with E-state index in [-0.39, 0.29) is 6.42 Å². The van der Waals surface area contributed by atoms with Gasteiger partial charge in [-0.25, -0.2) is 0 Å². The van der Waals surface area contributed by atoms with Crippen LogP contribution in [0, 0.1) is 6.92 Å². The van der Waals surface area contributed by atoms with Gasteiger partial charge >= 0.3 is 6.18 Å². The number of ether oxygens (including phenoxy) is 1. The fourth-order valence-electron chi connectivity index (χ4n) is 4.74. The first-order chi connectivity index (χ1) is 21.8. The molecule has 0 radical (unpaired) electrons. The van der Waals surface area contributed by atoms with Crippen molar-refractivity contribution in [3.05, 3.63) is 72.0 Å². The Labute approximate surface area is 267 Å². The van der Waals surface area contributed by atoms with E-state index in [1.165, 1.54) is 25.7 Å². The number of para-hydroxylation sites is 1. The molecule has 0 saturated carbocycles. The van der Waals surface area contributed by atoms with Crippen LogP contribution in [0.25, 0.3) is 10.9 Å². The number of fused-ring (bicyclic) bond motifs is 1. The Balaban J connectivity index is 0.000000797. The Morgan fingerprint density at radius 3 is 2.39 bits per heavy atom. The van der Waals surface area contributed by atoms with Crippen LogP contribution < -0.4 is 16.0 Å². The van der Waals surface area contributed by atoms with Gasteiger partial charge in [-0.15, -0.1) is 0 Å². The minimum Gasteiger partial charge on any atom is -0.379 e. The highest BCUT2D eigenvalue weighted by atomic mass is 19.4. The molecule has 1 aliphatic rings. The summed E-state index contributed by atoms with van der Waals surface area (Å²) < 4.78 is 45.1. The van der Waals surface area contributed by atoms with Gasteiger partial charge in [0.2, 0.25) is 17.7 Å². The highest BCUT2D eigenvalue weighted by molar-refractivity contribution is 5.95. The molecule has 0 spiro atoms. The lowest BCUT2D eigenvalue weighted by molar-refractivity contribution is -0.173. The number of rotatable bonds is 13. The first-order valence-corrected chi connectivity index (χ1v) is 15.1. The normalized spacial score (nSPS) is 15.4. The topological polar surface area (TPSA) is 133 Å². The van der Waals surface area contributed by atoms with E-state index >= 15 is 0 Å². The number of allylic oxidation sites excluding steroid dienone is 4. The second-order valence-electron chi connectivity index (χ2n) is 10.7. The molecule has 1 aromatic carbocycles. The average Bonchev–Trinajstić information content (AvgIpc) is 3.44. The molecule has 252 valence electrons. The third-order valence-electron chi connectivity index (χ3n) is 7.24. The summed E-state index contributed by atoms with van der Waals surface area (Å²) in [5, 5.41) is 7.51. The number of carbonyl (C=O) groups excluding carboxylic acids is 4. The highest BCUT2D eigenvalue weighted by Gasteiger charge is 2.44. The molecule has 1 aliphatic heterocycles. The van der Waals surface area contributed by atoms with Crippen molar-refractivity contribution >= 4 is 34.4 Å². The number of morpholine rings is 1. The van der Waals surface area contributed by atoms with Crippen LogP contribution in [-0.2, 0) is 30.3 Å². The fourth-order valence-corrected chi connectivity index (χ4v) is 4.74. The van der Waals surface area contributed by atoms with Crippen LogP contribution >= 0.6 is 0 Å². The first kappa shape index (κ1) is 38.0. The molecule has 2 atom stereocenters. The van der Waals surface area contributed by atoms with Crippen LogP contribution in [-0.4, -0.2) is 91.0 Å². The van der Waals surface area contributed by atoms with E-state index in [1.54, 1.807) is 37.3 Å². The molecule has 3 rings (SSSR count). The minimum absolute atomic E-state index is 0.0655. The van der Waals surface area contributed by atoms with Crippen molar-refractivity contribution in [2.24, 2.45) is 0 Å². The second-order valence-corrected chi connectivity index (χ2v) is 10.7. The SMILES string of the molecule is C=C/C(=C\C=C/C)CC(NC(C)=O)C(=O)NCC(=O)NC(Cc1c[nH]c2c(C)cccc12)C(=O)C(F)(F)F.CCN1CCOCC1. The summed E-state index contributed by atoms with van der Waals surface area (Å²) in [6.07, 6.45) is 2.66. The zero-order chi connectivity index (χ0) is 34.3. The Hall–Kier alpha value is -4.23. The monoisotopic (exact) mass is 647 g/mol. The molecule has 2 unspecified atom stereocenters. The molecule has 2 heterocycles. The highest BCUT2D eigenvalue weighted by Crippen LogP contribution is 2.25. The summed E-state index contributed by atoms with van der Waals surface area (Å²) in [5.74, 6) is -4.32. The summed E-state index contributed by atoms with van der Waals surface area (Å²) in [6.45, 7) is 15.3. The molecule has 3 amide bonds. The smallest absolute Gasteiger partial charge is 0.379 e. The number of aromatic amines is 1. The number of likely N-dealkylation sites (N-methyl/N-ethyl adjacent to an activating group) is 1. The number of amides is 3. The predicted molar refractivity (Wildman–Crippen MR) is 171 cm³/mol. The molecule has 13 heteroatoms. The van der Waals surface area contributed by atoms with E-state index in [0.29, 0.717) is 22.0 Å². The van der Waals surface area contributed by atoms with E-state index in [1.807, 2.05) is 13.0 Å². The lowest BCUT2D eigenvalue weighted by atomic mass is 10.0. The second kappa shape index (κ2) is 18.7. The molecule has 0 bridgehead atoms. The molecule has 10 nitrogen and oxygen atoms in total. The van der Waals surface area contributed by atoms with Gasteiger partial charge in [-0.1, -0.05) is 56.0 Å². The van der Waals surface area contributed by atoms with Crippen LogP contribution in [0.15, 0.2) is 60.9 Å². The summed E-state index contributed by atoms with van der Waals surface area (Å²) in [7, 11) is 0. The molecule has 0 aliphatic carbocycles. The summed E-state index contributed by atoms with van der Waals surface area (Å²) in [5.41, 5.74) is 2.64. The zero-order valence-corrected chi connectivity index (χ0v) is 26.8. The van der Waals surface area contributed by atoms with Gasteiger partial charge in [-0.3, -0.25) is 24.1 Å². The molecular weight excluding hydrogens is 603 g/mol. The largest absolute Gasteiger partial charge is 0.452 e. The van der Waals surface area contributed by atoms with Crippen molar-refractivity contribution in [1.82, 2.24) is 25.8 Å². The number of hydrogen-bond donors (Lipinski definition) is 4. The third-order valence-corrected chi connectivity index (χ3v) is 7.24. The Morgan fingerprint density at radius 1 is 1.13 bits per heavy atom. The van der Waals surface area contributed by atoms with E-state index in [4.69, 9.17) is 4.74 Å². The van der Waals surface area contributed by atoms with Gasteiger partial charge in [0.05, 0.1) is 19.8 Å². The third kappa shape index (κ3) is 12.3. The van der Waals surface area contributed by atoms with Gasteiger partial charge in [0.15, 0.2) is 0 Å². The fraction of sp³-hybridized carbons (Fsp3) is 0.455. The first-order valence-electron chi connectivity index (χ1n) is 15.1. The zero-order valence-electron chi connectivity index (χ0n) is 26.8. The van der Waals surface area contributed by atoms with Crippen LogP contribution in [0.2, 0.25) is 0 Å². The van der Waals surface area contributed by atoms with Gasteiger partial charge in [0.1, 0.15) is 12.1 Å². The number of halogens is 3. The number of aryl methyl sites for hydroxylation is 1. The Bertz CT molecular complexity index is 1410. The van der Waals surface area contributed by atoms with Crippen LogP contribution in [0.1, 0.15) is 38.3 Å². The van der Waals surface area contributed by atoms with E-state index in [0.717, 1.165) is 31.9 Å². The van der Waals surface area contributed by atoms with Gasteiger partial charge in [-0.2, -0.15) is 13.2 Å². The minimum atomic E-state index is -5.18. The Morgan fingerprint density at radius 2 is 1.83 bits per heavy atom. The van der Waals surface area contributed by atoms with Crippen molar-refractivity contribution in [3.8, 4) is 0 Å². The molecule has 1 fully saturated rings. The molecular formula is C33H44F3N5O5. The van der Waals surface area contributed by atoms with Crippen LogP contribution in [0.3, 0.4) is 0 Å². The summed E-state index contributed by atoms with van der Waals surface area (Å²) in [6, 6.07) is 2.31. The predicted octanol–water partition coefficient (Wildman–Crippen LogP) is 3.67. The number of aromatic nitrogens is 1. The maximum Gasteiger partial charge on any atom is 0.452 e. The van der Waals surface area contributed by atoms with E-state index in [2.05, 4.69) is 39.3 Å². The van der Waals surface area contributed by atoms with Crippen molar-refractivity contribution in [2.75, 3.05) is 39.4 Å². The Kier molecular flexibility index (Phi) is 15.4. The number of benzene rings is 1. The lowest BCUT2D eigenvalue weighted by Crippen LogP contribution is -2.52. The van der Waals surface area contributed by atoms with Crippen molar-refractivity contribution in [1.29, 1.82) is 0 Å². The molecule has 1 saturated heterocycles. The maximum absolute atomic E-state index is 13.3. The molecule has 1 aromatic heterocycles. The number of alkyl halides is 3. The number of carbonyl (C=O) groups is 4. The van der Waals surface area contributed by atoms with Gasteiger partial charge in [0, 0.05) is 50.0 Å².